The molecule has 2 aromatic heterocycles. The van der Waals surface area contributed by atoms with Crippen LogP contribution < -0.4 is 40.1 Å². The van der Waals surface area contributed by atoms with Gasteiger partial charge in [-0.3, -0.25) is 4.79 Å². The molecule has 2 atom stereocenters. The van der Waals surface area contributed by atoms with Crippen LogP contribution in [0.5, 0.6) is 11.5 Å². The number of carbonyl (C=O) groups is 5. The minimum Gasteiger partial charge on any atom is -0.458 e. The number of nitrogens with zero attached hydrogens (tertiary/aromatic N) is 9. The molecule has 4 aromatic rings. The van der Waals surface area contributed by atoms with Gasteiger partial charge in [0.1, 0.15) is 40.5 Å². The van der Waals surface area contributed by atoms with Crippen molar-refractivity contribution in [3.8, 4) is 11.5 Å². The van der Waals surface area contributed by atoms with Gasteiger partial charge in [0, 0.05) is 84.2 Å². The summed E-state index contributed by atoms with van der Waals surface area (Å²) < 4.78 is 33.2. The lowest BCUT2D eigenvalue weighted by atomic mass is 10.0. The molecule has 23 heteroatoms. The van der Waals surface area contributed by atoms with Gasteiger partial charge in [0.15, 0.2) is 11.6 Å². The lowest BCUT2D eigenvalue weighted by Gasteiger charge is -2.30. The molecular formula is C60H90N12O11. The smallest absolute Gasteiger partial charge is 0.415 e. The van der Waals surface area contributed by atoms with E-state index in [1.807, 2.05) is 119 Å². The minimum absolute atomic E-state index is 0.135. The summed E-state index contributed by atoms with van der Waals surface area (Å²) in [4.78, 5) is 92.0. The van der Waals surface area contributed by atoms with Gasteiger partial charge < -0.3 is 68.9 Å². The number of nitrogens with one attached hydrogen (secondary N) is 3. The van der Waals surface area contributed by atoms with Crippen molar-refractivity contribution in [2.75, 3.05) is 109 Å². The highest BCUT2D eigenvalue weighted by atomic mass is 16.6. The number of ether oxygens (including phenoxy) is 6. The van der Waals surface area contributed by atoms with Crippen molar-refractivity contribution in [1.82, 2.24) is 29.7 Å². The standard InChI is InChI=1S/C31H46N6O6.C29H44N6O5/c1-9-35(10-2)29-32-20-26(37(21(3)4)22(5)38)27(34-29)33-25(28(39)43-31(6,7)8)19-23-11-13-24(14-12-23)42-30(40)36-15-17-41-18-16-36;1-8-34(9-2)27-30-19-24(31-20(3)4)25(33-27)32-23(26(36)40-29(5,6)7)18-21-10-12-22(13-11-21)39-28(37)35-14-16-38-17-15-35/h11-14,20-21,25H,9-10,15-19H2,1-8H3,(H,32,33,34);10-13,19-20,23,31H,8-9,14-18H2,1-7H3,(H,30,32,33)/t25-;23-/m00/s1. The van der Waals surface area contributed by atoms with Crippen LogP contribution >= 0.6 is 0 Å². The molecule has 0 saturated carbocycles. The number of carbonyl (C=O) groups excluding carboxylic acids is 5. The third-order valence-electron chi connectivity index (χ3n) is 12.9. The fourth-order valence-corrected chi connectivity index (χ4v) is 8.82. The maximum Gasteiger partial charge on any atom is 0.415 e. The normalized spacial score (nSPS) is 14.3. The Morgan fingerprint density at radius 2 is 0.964 bits per heavy atom. The zero-order valence-electron chi connectivity index (χ0n) is 51.5. The molecule has 0 radical (unpaired) electrons. The second-order valence-electron chi connectivity index (χ2n) is 22.6. The Morgan fingerprint density at radius 3 is 1.33 bits per heavy atom. The van der Waals surface area contributed by atoms with Gasteiger partial charge in [0.05, 0.1) is 44.5 Å². The predicted molar refractivity (Wildman–Crippen MR) is 322 cm³/mol. The van der Waals surface area contributed by atoms with Gasteiger partial charge in [-0.25, -0.2) is 29.1 Å². The third-order valence-corrected chi connectivity index (χ3v) is 12.9. The van der Waals surface area contributed by atoms with Crippen molar-refractivity contribution in [2.45, 2.75) is 152 Å². The molecular weight excluding hydrogens is 1060 g/mol. The molecule has 2 aromatic carbocycles. The van der Waals surface area contributed by atoms with Crippen LogP contribution in [0.15, 0.2) is 60.9 Å². The van der Waals surface area contributed by atoms with E-state index in [1.165, 1.54) is 6.92 Å². The molecule has 0 spiro atoms. The number of benzene rings is 2. The molecule has 2 saturated heterocycles. The summed E-state index contributed by atoms with van der Waals surface area (Å²) in [5, 5.41) is 10.00. The van der Waals surface area contributed by atoms with Gasteiger partial charge >= 0.3 is 24.1 Å². The van der Waals surface area contributed by atoms with Crippen LogP contribution in [0.25, 0.3) is 0 Å². The van der Waals surface area contributed by atoms with Gasteiger partial charge in [-0.05, 0) is 132 Å². The van der Waals surface area contributed by atoms with E-state index < -0.39 is 47.4 Å². The quantitative estimate of drug-likeness (QED) is 0.0623. The molecule has 456 valence electrons. The summed E-state index contributed by atoms with van der Waals surface area (Å²) in [7, 11) is 0. The number of aromatic nitrogens is 4. The largest absolute Gasteiger partial charge is 0.458 e. The van der Waals surface area contributed by atoms with E-state index in [-0.39, 0.29) is 24.4 Å². The number of hydrogen-bond donors (Lipinski definition) is 3. The highest BCUT2D eigenvalue weighted by molar-refractivity contribution is 5.95. The Bertz CT molecular complexity index is 2710. The summed E-state index contributed by atoms with van der Waals surface area (Å²) in [5.74, 6) is 1.74. The molecule has 0 aliphatic carbocycles. The van der Waals surface area contributed by atoms with Crippen molar-refractivity contribution in [3.63, 3.8) is 0 Å². The van der Waals surface area contributed by atoms with E-state index in [0.29, 0.717) is 119 Å². The van der Waals surface area contributed by atoms with Crippen LogP contribution in [0.2, 0.25) is 0 Å². The van der Waals surface area contributed by atoms with Crippen LogP contribution in [0, 0.1) is 0 Å². The molecule has 2 fully saturated rings. The molecule has 0 unspecified atom stereocenters. The average molecular weight is 1160 g/mol. The Labute approximate surface area is 490 Å². The Hall–Kier alpha value is -7.53. The molecule has 23 nitrogen and oxygen atoms in total. The number of esters is 2. The van der Waals surface area contributed by atoms with E-state index in [0.717, 1.165) is 24.2 Å². The summed E-state index contributed by atoms with van der Waals surface area (Å²) in [6, 6.07) is 12.5. The van der Waals surface area contributed by atoms with Crippen molar-refractivity contribution in [3.05, 3.63) is 72.1 Å². The van der Waals surface area contributed by atoms with Crippen molar-refractivity contribution in [1.29, 1.82) is 0 Å². The van der Waals surface area contributed by atoms with Gasteiger partial charge in [-0.15, -0.1) is 0 Å². The number of amides is 3. The molecule has 4 heterocycles. The second-order valence-corrected chi connectivity index (χ2v) is 22.6. The Morgan fingerprint density at radius 1 is 0.578 bits per heavy atom. The first kappa shape index (κ1) is 66.3. The Balaban J connectivity index is 0.000000305. The van der Waals surface area contributed by atoms with Crippen LogP contribution in [-0.4, -0.2) is 174 Å². The first-order valence-corrected chi connectivity index (χ1v) is 28.9. The molecule has 3 N–H and O–H groups in total. The lowest BCUT2D eigenvalue weighted by molar-refractivity contribution is -0.156. The summed E-state index contributed by atoms with van der Waals surface area (Å²) in [5.41, 5.74) is 1.46. The predicted octanol–water partition coefficient (Wildman–Crippen LogP) is 8.62. The van der Waals surface area contributed by atoms with Gasteiger partial charge in [-0.2, -0.15) is 9.97 Å². The maximum atomic E-state index is 13.5. The van der Waals surface area contributed by atoms with E-state index in [9.17, 15) is 24.0 Å². The van der Waals surface area contributed by atoms with Crippen LogP contribution in [0.1, 0.15) is 115 Å². The highest BCUT2D eigenvalue weighted by Crippen LogP contribution is 2.30. The zero-order valence-corrected chi connectivity index (χ0v) is 51.5. The van der Waals surface area contributed by atoms with E-state index in [1.54, 1.807) is 63.5 Å². The van der Waals surface area contributed by atoms with Crippen LogP contribution in [0.3, 0.4) is 0 Å². The lowest BCUT2D eigenvalue weighted by Crippen LogP contribution is -2.42. The second kappa shape index (κ2) is 31.2. The molecule has 83 heavy (non-hydrogen) atoms. The molecule has 0 bridgehead atoms. The van der Waals surface area contributed by atoms with Gasteiger partial charge in [-0.1, -0.05) is 24.3 Å². The first-order valence-electron chi connectivity index (χ1n) is 28.9. The van der Waals surface area contributed by atoms with Gasteiger partial charge in [0.25, 0.3) is 0 Å². The number of hydrogen-bond acceptors (Lipinski definition) is 20. The van der Waals surface area contributed by atoms with Gasteiger partial charge in [0.2, 0.25) is 17.8 Å². The van der Waals surface area contributed by atoms with Crippen LogP contribution in [0.4, 0.5) is 44.5 Å². The van der Waals surface area contributed by atoms with E-state index in [2.05, 4.69) is 25.9 Å². The third kappa shape index (κ3) is 21.0. The molecule has 6 rings (SSSR count). The fraction of sp³-hybridized carbons (Fsp3) is 0.583. The summed E-state index contributed by atoms with van der Waals surface area (Å²) in [6.45, 7) is 35.3. The minimum atomic E-state index is -0.847. The molecule has 2 aliphatic rings. The van der Waals surface area contributed by atoms with Crippen molar-refractivity contribution in [2.24, 2.45) is 0 Å². The fourth-order valence-electron chi connectivity index (χ4n) is 8.82. The Kier molecular flexibility index (Phi) is 24.9. The van der Waals surface area contributed by atoms with E-state index >= 15 is 0 Å². The topological polar surface area (TPSA) is 245 Å². The highest BCUT2D eigenvalue weighted by Gasteiger charge is 2.31. The number of anilines is 6. The molecule has 3 amide bonds. The summed E-state index contributed by atoms with van der Waals surface area (Å²) >= 11 is 0. The SMILES string of the molecule is CCN(CC)c1ncc(N(C(C)=O)C(C)C)c(N[C@@H](Cc2ccc(OC(=O)N3CCOCC3)cc2)C(=O)OC(C)(C)C)n1.CCN(CC)c1ncc(NC(C)C)c(N[C@@H](Cc2ccc(OC(=O)N3CCOCC3)cc2)C(=O)OC(C)(C)C)n1. The van der Waals surface area contributed by atoms with Crippen molar-refractivity contribution < 1.29 is 52.4 Å². The van der Waals surface area contributed by atoms with Crippen LogP contribution in [-0.2, 0) is 46.2 Å². The zero-order chi connectivity index (χ0) is 61.0. The van der Waals surface area contributed by atoms with Crippen molar-refractivity contribution >= 4 is 64.9 Å². The van der Waals surface area contributed by atoms with E-state index in [4.69, 9.17) is 38.4 Å². The number of morpholine rings is 2. The number of rotatable bonds is 22. The average Bonchev–Trinajstić information content (AvgIpc) is 3.60. The monoisotopic (exact) mass is 1150 g/mol. The molecule has 2 aliphatic heterocycles. The first-order chi connectivity index (χ1) is 39.3. The maximum absolute atomic E-state index is 13.5. The summed E-state index contributed by atoms with van der Waals surface area (Å²) in [6.07, 6.45) is 3.12.